The van der Waals surface area contributed by atoms with Crippen LogP contribution in [0.3, 0.4) is 0 Å². The standard InChI is InChI=1S/C20H22N2O4/c1-22(20(24)16-6-8-17(21)9-7-16)13-14-26-18-10-3-15(4-11-18)5-12-19(23)25-2/h3-12H,13-14,21H2,1-2H3/b12-5+. The molecule has 0 unspecified atom stereocenters. The van der Waals surface area contributed by atoms with Crippen molar-refractivity contribution in [3.63, 3.8) is 0 Å². The van der Waals surface area contributed by atoms with Crippen LogP contribution in [0.5, 0.6) is 5.75 Å². The highest BCUT2D eigenvalue weighted by atomic mass is 16.5. The highest BCUT2D eigenvalue weighted by Gasteiger charge is 2.11. The fraction of sp³-hybridized carbons (Fsp3) is 0.200. The van der Waals surface area contributed by atoms with E-state index in [1.54, 1.807) is 54.4 Å². The van der Waals surface area contributed by atoms with E-state index in [-0.39, 0.29) is 5.91 Å². The summed E-state index contributed by atoms with van der Waals surface area (Å²) in [5.74, 6) is 0.199. The van der Waals surface area contributed by atoms with Gasteiger partial charge in [0.15, 0.2) is 0 Å². The number of esters is 1. The zero-order chi connectivity index (χ0) is 18.9. The van der Waals surface area contributed by atoms with E-state index in [2.05, 4.69) is 4.74 Å². The Kier molecular flexibility index (Phi) is 6.79. The Hall–Kier alpha value is -3.28. The largest absolute Gasteiger partial charge is 0.492 e. The van der Waals surface area contributed by atoms with E-state index in [0.717, 1.165) is 5.56 Å². The quantitative estimate of drug-likeness (QED) is 0.469. The van der Waals surface area contributed by atoms with Crippen molar-refractivity contribution in [3.05, 3.63) is 65.7 Å². The van der Waals surface area contributed by atoms with Gasteiger partial charge in [0.2, 0.25) is 0 Å². The summed E-state index contributed by atoms with van der Waals surface area (Å²) in [4.78, 5) is 24.9. The Morgan fingerprint density at radius 1 is 1.08 bits per heavy atom. The van der Waals surface area contributed by atoms with Crippen molar-refractivity contribution in [1.29, 1.82) is 0 Å². The number of ether oxygens (including phenoxy) is 2. The molecule has 6 nitrogen and oxygen atoms in total. The second-order valence-electron chi connectivity index (χ2n) is 5.62. The number of carbonyl (C=O) groups is 2. The van der Waals surface area contributed by atoms with Gasteiger partial charge in [-0.05, 0) is 48.0 Å². The van der Waals surface area contributed by atoms with Gasteiger partial charge in [-0.2, -0.15) is 0 Å². The van der Waals surface area contributed by atoms with Crippen molar-refractivity contribution in [2.24, 2.45) is 0 Å². The number of nitrogen functional groups attached to an aromatic ring is 1. The Bertz CT molecular complexity index is 767. The topological polar surface area (TPSA) is 81.9 Å². The van der Waals surface area contributed by atoms with Crippen molar-refractivity contribution in [2.45, 2.75) is 0 Å². The summed E-state index contributed by atoms with van der Waals surface area (Å²) in [5, 5.41) is 0. The van der Waals surface area contributed by atoms with Crippen molar-refractivity contribution >= 4 is 23.6 Å². The number of hydrogen-bond donors (Lipinski definition) is 1. The third kappa shape index (κ3) is 5.66. The summed E-state index contributed by atoms with van der Waals surface area (Å²) in [6.07, 6.45) is 3.02. The van der Waals surface area contributed by atoms with Gasteiger partial charge in [-0.15, -0.1) is 0 Å². The number of rotatable bonds is 7. The van der Waals surface area contributed by atoms with Gasteiger partial charge in [-0.25, -0.2) is 4.79 Å². The lowest BCUT2D eigenvalue weighted by atomic mass is 10.2. The first-order chi connectivity index (χ1) is 12.5. The van der Waals surface area contributed by atoms with Gasteiger partial charge >= 0.3 is 5.97 Å². The minimum absolute atomic E-state index is 0.0862. The van der Waals surface area contributed by atoms with Crippen LogP contribution in [0, 0.1) is 0 Å². The molecular weight excluding hydrogens is 332 g/mol. The monoisotopic (exact) mass is 354 g/mol. The smallest absolute Gasteiger partial charge is 0.330 e. The fourth-order valence-corrected chi connectivity index (χ4v) is 2.16. The number of carbonyl (C=O) groups excluding carboxylic acids is 2. The van der Waals surface area contributed by atoms with E-state index in [9.17, 15) is 9.59 Å². The average molecular weight is 354 g/mol. The van der Waals surface area contributed by atoms with Gasteiger partial charge in [0, 0.05) is 24.4 Å². The third-order valence-electron chi connectivity index (χ3n) is 3.69. The van der Waals surface area contributed by atoms with Gasteiger partial charge in [0.1, 0.15) is 12.4 Å². The average Bonchev–Trinajstić information content (AvgIpc) is 2.67. The lowest BCUT2D eigenvalue weighted by molar-refractivity contribution is -0.134. The molecule has 6 heteroatoms. The molecule has 0 spiro atoms. The first-order valence-corrected chi connectivity index (χ1v) is 8.09. The number of amides is 1. The number of nitrogens with two attached hydrogens (primary N) is 1. The van der Waals surface area contributed by atoms with Crippen LogP contribution >= 0.6 is 0 Å². The molecular formula is C20H22N2O4. The molecule has 0 aliphatic heterocycles. The minimum Gasteiger partial charge on any atom is -0.492 e. The van der Waals surface area contributed by atoms with E-state index in [1.165, 1.54) is 13.2 Å². The first-order valence-electron chi connectivity index (χ1n) is 8.09. The normalized spacial score (nSPS) is 10.5. The van der Waals surface area contributed by atoms with Crippen LogP contribution in [0.15, 0.2) is 54.6 Å². The molecule has 0 aliphatic rings. The van der Waals surface area contributed by atoms with Gasteiger partial charge in [-0.1, -0.05) is 12.1 Å². The number of likely N-dealkylation sites (N-methyl/N-ethyl adjacent to an activating group) is 1. The Balaban J connectivity index is 1.81. The molecule has 0 aliphatic carbocycles. The first kappa shape index (κ1) is 19.1. The van der Waals surface area contributed by atoms with Crippen LogP contribution in [0.2, 0.25) is 0 Å². The van der Waals surface area contributed by atoms with Gasteiger partial charge in [0.05, 0.1) is 13.7 Å². The number of anilines is 1. The summed E-state index contributed by atoms with van der Waals surface area (Å²) < 4.78 is 10.2. The molecule has 2 aromatic rings. The maximum absolute atomic E-state index is 12.3. The molecule has 2 rings (SSSR count). The van der Waals surface area contributed by atoms with E-state index < -0.39 is 5.97 Å². The van der Waals surface area contributed by atoms with Crippen molar-refractivity contribution in [1.82, 2.24) is 4.90 Å². The molecule has 0 fully saturated rings. The molecule has 136 valence electrons. The SMILES string of the molecule is COC(=O)/C=C/c1ccc(OCCN(C)C(=O)c2ccc(N)cc2)cc1. The Morgan fingerprint density at radius 2 is 1.73 bits per heavy atom. The maximum Gasteiger partial charge on any atom is 0.330 e. The van der Waals surface area contributed by atoms with Gasteiger partial charge < -0.3 is 20.1 Å². The molecule has 0 saturated heterocycles. The maximum atomic E-state index is 12.3. The molecule has 0 aromatic heterocycles. The molecule has 0 atom stereocenters. The lowest BCUT2D eigenvalue weighted by Gasteiger charge is -2.17. The third-order valence-corrected chi connectivity index (χ3v) is 3.69. The van der Waals surface area contributed by atoms with E-state index >= 15 is 0 Å². The number of methoxy groups -OCH3 is 1. The summed E-state index contributed by atoms with van der Waals surface area (Å²) >= 11 is 0. The minimum atomic E-state index is -0.404. The zero-order valence-corrected chi connectivity index (χ0v) is 14.8. The molecule has 1 amide bonds. The van der Waals surface area contributed by atoms with Crippen LogP contribution in [0.25, 0.3) is 6.08 Å². The highest BCUT2D eigenvalue weighted by molar-refractivity contribution is 5.94. The zero-order valence-electron chi connectivity index (χ0n) is 14.8. The van der Waals surface area contributed by atoms with E-state index in [1.807, 2.05) is 12.1 Å². The molecule has 0 heterocycles. The van der Waals surface area contributed by atoms with Crippen molar-refractivity contribution in [2.75, 3.05) is 33.0 Å². The van der Waals surface area contributed by atoms with E-state index in [0.29, 0.717) is 30.2 Å². The fourth-order valence-electron chi connectivity index (χ4n) is 2.16. The van der Waals surface area contributed by atoms with Crippen LogP contribution in [-0.2, 0) is 9.53 Å². The van der Waals surface area contributed by atoms with E-state index in [4.69, 9.17) is 10.5 Å². The Morgan fingerprint density at radius 3 is 2.35 bits per heavy atom. The predicted octanol–water partition coefficient (Wildman–Crippen LogP) is 2.61. The molecule has 0 bridgehead atoms. The van der Waals surface area contributed by atoms with Crippen LogP contribution < -0.4 is 10.5 Å². The molecule has 0 radical (unpaired) electrons. The number of benzene rings is 2. The predicted molar refractivity (Wildman–Crippen MR) is 101 cm³/mol. The van der Waals surface area contributed by atoms with Crippen LogP contribution in [0.4, 0.5) is 5.69 Å². The summed E-state index contributed by atoms with van der Waals surface area (Å²) in [6, 6.07) is 14.1. The van der Waals surface area contributed by atoms with Crippen molar-refractivity contribution < 1.29 is 19.1 Å². The van der Waals surface area contributed by atoms with Crippen molar-refractivity contribution in [3.8, 4) is 5.75 Å². The summed E-state index contributed by atoms with van der Waals surface area (Å²) in [6.45, 7) is 0.821. The van der Waals surface area contributed by atoms with Gasteiger partial charge in [-0.3, -0.25) is 4.79 Å². The second-order valence-corrected chi connectivity index (χ2v) is 5.62. The molecule has 0 saturated carbocycles. The van der Waals surface area contributed by atoms with Gasteiger partial charge in [0.25, 0.3) is 5.91 Å². The number of nitrogens with zero attached hydrogens (tertiary/aromatic N) is 1. The highest BCUT2D eigenvalue weighted by Crippen LogP contribution is 2.13. The molecule has 2 aromatic carbocycles. The molecule has 2 N–H and O–H groups in total. The summed E-state index contributed by atoms with van der Waals surface area (Å²) in [5.41, 5.74) is 7.70. The molecule has 26 heavy (non-hydrogen) atoms. The van der Waals surface area contributed by atoms with Crippen LogP contribution in [0.1, 0.15) is 15.9 Å². The Labute approximate surface area is 152 Å². The van der Waals surface area contributed by atoms with Crippen LogP contribution in [-0.4, -0.2) is 44.1 Å². The second kappa shape index (κ2) is 9.27. The summed E-state index contributed by atoms with van der Waals surface area (Å²) in [7, 11) is 3.06. The number of hydrogen-bond acceptors (Lipinski definition) is 5. The lowest BCUT2D eigenvalue weighted by Crippen LogP contribution is -2.30.